The first-order chi connectivity index (χ1) is 8.19. The van der Waals surface area contributed by atoms with Crippen LogP contribution in [-0.2, 0) is 9.47 Å². The normalized spacial score (nSPS) is 11.9. The molecular formula is C12H17NO4. The molecule has 0 fully saturated rings. The van der Waals surface area contributed by atoms with Crippen molar-refractivity contribution < 1.29 is 19.4 Å². The van der Waals surface area contributed by atoms with E-state index in [0.717, 1.165) is 0 Å². The minimum Gasteiger partial charge on any atom is -0.465 e. The Balaban J connectivity index is 2.67. The number of ether oxygens (including phenoxy) is 2. The number of rotatable bonds is 6. The monoisotopic (exact) mass is 239 g/mol. The van der Waals surface area contributed by atoms with Gasteiger partial charge in [0.05, 0.1) is 25.4 Å². The van der Waals surface area contributed by atoms with Crippen LogP contribution in [0.2, 0.25) is 0 Å². The summed E-state index contributed by atoms with van der Waals surface area (Å²) >= 11 is 0. The molecule has 0 radical (unpaired) electrons. The Hall–Kier alpha value is -1.59. The lowest BCUT2D eigenvalue weighted by molar-refractivity contribution is 0.0600. The standard InChI is InChI=1S/C12H17NO4/c1-16-8-9(14)7-13-11-6-4-3-5-10(11)12(15)17-2/h3-6,9,13-14H,7-8H2,1-2H3. The van der Waals surface area contributed by atoms with Gasteiger partial charge in [0.25, 0.3) is 0 Å². The van der Waals surface area contributed by atoms with Gasteiger partial charge in [-0.1, -0.05) is 12.1 Å². The average molecular weight is 239 g/mol. The molecule has 17 heavy (non-hydrogen) atoms. The number of hydrogen-bond donors (Lipinski definition) is 2. The van der Waals surface area contributed by atoms with Crippen LogP contribution in [0.15, 0.2) is 24.3 Å². The second kappa shape index (κ2) is 6.88. The van der Waals surface area contributed by atoms with Gasteiger partial charge in [-0.05, 0) is 12.1 Å². The maximum Gasteiger partial charge on any atom is 0.339 e. The van der Waals surface area contributed by atoms with Gasteiger partial charge < -0.3 is 19.9 Å². The van der Waals surface area contributed by atoms with Crippen LogP contribution >= 0.6 is 0 Å². The second-order valence-electron chi connectivity index (χ2n) is 3.53. The SMILES string of the molecule is COCC(O)CNc1ccccc1C(=O)OC. The van der Waals surface area contributed by atoms with Crippen molar-refractivity contribution in [2.75, 3.05) is 32.7 Å². The van der Waals surface area contributed by atoms with E-state index in [1.54, 1.807) is 24.3 Å². The van der Waals surface area contributed by atoms with Crippen molar-refractivity contribution in [2.24, 2.45) is 0 Å². The van der Waals surface area contributed by atoms with Crippen LogP contribution in [0.25, 0.3) is 0 Å². The van der Waals surface area contributed by atoms with Crippen molar-refractivity contribution in [3.05, 3.63) is 29.8 Å². The van der Waals surface area contributed by atoms with Gasteiger partial charge in [-0.3, -0.25) is 0 Å². The van der Waals surface area contributed by atoms with Crippen LogP contribution in [-0.4, -0.2) is 44.6 Å². The molecule has 1 rings (SSSR count). The van der Waals surface area contributed by atoms with E-state index in [9.17, 15) is 9.90 Å². The van der Waals surface area contributed by atoms with E-state index in [0.29, 0.717) is 17.8 Å². The number of methoxy groups -OCH3 is 2. The summed E-state index contributed by atoms with van der Waals surface area (Å²) in [7, 11) is 2.85. The summed E-state index contributed by atoms with van der Waals surface area (Å²) in [5, 5.41) is 12.5. The molecule has 0 heterocycles. The summed E-state index contributed by atoms with van der Waals surface area (Å²) in [5.41, 5.74) is 1.08. The Bertz CT molecular complexity index is 367. The Morgan fingerprint density at radius 1 is 1.41 bits per heavy atom. The summed E-state index contributed by atoms with van der Waals surface area (Å²) in [6.07, 6.45) is -0.620. The van der Waals surface area contributed by atoms with Gasteiger partial charge >= 0.3 is 5.97 Å². The molecule has 1 atom stereocenters. The van der Waals surface area contributed by atoms with E-state index in [1.165, 1.54) is 14.2 Å². The van der Waals surface area contributed by atoms with Gasteiger partial charge in [-0.25, -0.2) is 4.79 Å². The Morgan fingerprint density at radius 3 is 2.76 bits per heavy atom. The Kier molecular flexibility index (Phi) is 5.45. The summed E-state index contributed by atoms with van der Waals surface area (Å²) < 4.78 is 9.47. The molecule has 5 nitrogen and oxygen atoms in total. The highest BCUT2D eigenvalue weighted by molar-refractivity contribution is 5.95. The van der Waals surface area contributed by atoms with Crippen LogP contribution in [0, 0.1) is 0 Å². The fraction of sp³-hybridized carbons (Fsp3) is 0.417. The maximum atomic E-state index is 11.5. The minimum absolute atomic E-state index is 0.243. The molecule has 0 aromatic heterocycles. The van der Waals surface area contributed by atoms with Gasteiger partial charge in [0.1, 0.15) is 0 Å². The molecule has 0 amide bonds. The molecule has 1 unspecified atom stereocenters. The lowest BCUT2D eigenvalue weighted by Gasteiger charge is -2.13. The molecular weight excluding hydrogens is 222 g/mol. The molecule has 94 valence electrons. The third-order valence-corrected chi connectivity index (χ3v) is 2.22. The highest BCUT2D eigenvalue weighted by Gasteiger charge is 2.11. The van der Waals surface area contributed by atoms with E-state index >= 15 is 0 Å². The number of nitrogens with one attached hydrogen (secondary N) is 1. The van der Waals surface area contributed by atoms with Crippen molar-refractivity contribution in [1.29, 1.82) is 0 Å². The predicted molar refractivity (Wildman–Crippen MR) is 64.2 cm³/mol. The lowest BCUT2D eigenvalue weighted by atomic mass is 10.1. The topological polar surface area (TPSA) is 67.8 Å². The number of aliphatic hydroxyl groups excluding tert-OH is 1. The van der Waals surface area contributed by atoms with E-state index in [2.05, 4.69) is 10.1 Å². The molecule has 0 aliphatic rings. The van der Waals surface area contributed by atoms with E-state index in [1.807, 2.05) is 0 Å². The number of carbonyl (C=O) groups excluding carboxylic acids is 1. The van der Waals surface area contributed by atoms with E-state index in [4.69, 9.17) is 4.74 Å². The number of para-hydroxylation sites is 1. The van der Waals surface area contributed by atoms with Crippen molar-refractivity contribution in [3.8, 4) is 0 Å². The zero-order valence-corrected chi connectivity index (χ0v) is 9.97. The molecule has 1 aromatic carbocycles. The van der Waals surface area contributed by atoms with Crippen LogP contribution in [0.1, 0.15) is 10.4 Å². The lowest BCUT2D eigenvalue weighted by Crippen LogP contribution is -2.24. The number of anilines is 1. The molecule has 0 aliphatic heterocycles. The second-order valence-corrected chi connectivity index (χ2v) is 3.53. The van der Waals surface area contributed by atoms with Gasteiger partial charge in [0.15, 0.2) is 0 Å². The van der Waals surface area contributed by atoms with Gasteiger partial charge in [0, 0.05) is 19.3 Å². The smallest absolute Gasteiger partial charge is 0.339 e. The van der Waals surface area contributed by atoms with Crippen LogP contribution in [0.4, 0.5) is 5.69 Å². The summed E-state index contributed by atoms with van der Waals surface area (Å²) in [6, 6.07) is 6.98. The number of benzene rings is 1. The molecule has 0 aliphatic carbocycles. The third kappa shape index (κ3) is 4.05. The number of carbonyl (C=O) groups is 1. The van der Waals surface area contributed by atoms with E-state index in [-0.39, 0.29) is 6.61 Å². The molecule has 0 bridgehead atoms. The van der Waals surface area contributed by atoms with Gasteiger partial charge in [-0.15, -0.1) is 0 Å². The summed E-state index contributed by atoms with van der Waals surface area (Å²) in [6.45, 7) is 0.551. The first-order valence-electron chi connectivity index (χ1n) is 5.27. The largest absolute Gasteiger partial charge is 0.465 e. The highest BCUT2D eigenvalue weighted by Crippen LogP contribution is 2.15. The number of hydrogen-bond acceptors (Lipinski definition) is 5. The van der Waals surface area contributed by atoms with Crippen molar-refractivity contribution in [2.45, 2.75) is 6.10 Å². The zero-order valence-electron chi connectivity index (χ0n) is 9.97. The molecule has 2 N–H and O–H groups in total. The molecule has 1 aromatic rings. The van der Waals surface area contributed by atoms with Gasteiger partial charge in [-0.2, -0.15) is 0 Å². The summed E-state index contributed by atoms with van der Waals surface area (Å²) in [5.74, 6) is -0.408. The van der Waals surface area contributed by atoms with Crippen molar-refractivity contribution in [1.82, 2.24) is 0 Å². The summed E-state index contributed by atoms with van der Waals surface area (Å²) in [4.78, 5) is 11.5. The third-order valence-electron chi connectivity index (χ3n) is 2.22. The van der Waals surface area contributed by atoms with Crippen LogP contribution in [0.5, 0.6) is 0 Å². The van der Waals surface area contributed by atoms with Crippen molar-refractivity contribution in [3.63, 3.8) is 0 Å². The fourth-order valence-electron chi connectivity index (χ4n) is 1.40. The molecule has 0 saturated carbocycles. The minimum atomic E-state index is -0.620. The first-order valence-corrected chi connectivity index (χ1v) is 5.27. The average Bonchev–Trinajstić information content (AvgIpc) is 2.36. The highest BCUT2D eigenvalue weighted by atomic mass is 16.5. The maximum absolute atomic E-state index is 11.5. The zero-order chi connectivity index (χ0) is 12.7. The molecule has 0 saturated heterocycles. The Labute approximate surface area is 100 Å². The van der Waals surface area contributed by atoms with Gasteiger partial charge in [0.2, 0.25) is 0 Å². The van der Waals surface area contributed by atoms with Crippen LogP contribution in [0.3, 0.4) is 0 Å². The predicted octanol–water partition coefficient (Wildman–Crippen LogP) is 0.892. The quantitative estimate of drug-likeness (QED) is 0.722. The Morgan fingerprint density at radius 2 is 2.12 bits per heavy atom. The van der Waals surface area contributed by atoms with Crippen LogP contribution < -0.4 is 5.32 Å². The molecule has 0 spiro atoms. The van der Waals surface area contributed by atoms with Crippen molar-refractivity contribution >= 4 is 11.7 Å². The molecule has 5 heteroatoms. The van der Waals surface area contributed by atoms with E-state index < -0.39 is 12.1 Å². The fourth-order valence-corrected chi connectivity index (χ4v) is 1.40. The number of esters is 1. The number of aliphatic hydroxyl groups is 1. The first kappa shape index (κ1) is 13.5.